The fourth-order valence-electron chi connectivity index (χ4n) is 8.47. The van der Waals surface area contributed by atoms with Crippen molar-refractivity contribution in [1.29, 1.82) is 0 Å². The van der Waals surface area contributed by atoms with Gasteiger partial charge >= 0.3 is 0 Å². The molecule has 0 amide bonds. The van der Waals surface area contributed by atoms with Crippen LogP contribution in [0.5, 0.6) is 0 Å². The highest BCUT2D eigenvalue weighted by Gasteiger charge is 2.33. The van der Waals surface area contributed by atoms with Crippen molar-refractivity contribution in [3.05, 3.63) is 34.4 Å². The number of hydrogen-bond acceptors (Lipinski definition) is 0. The summed E-state index contributed by atoms with van der Waals surface area (Å²) in [5.74, 6) is 7.93. The summed E-state index contributed by atoms with van der Waals surface area (Å²) in [5, 5.41) is 0. The van der Waals surface area contributed by atoms with E-state index in [1.54, 1.807) is 44.1 Å². The largest absolute Gasteiger partial charge is 0.0622 e. The summed E-state index contributed by atoms with van der Waals surface area (Å²) >= 11 is 0. The Kier molecular flexibility index (Phi) is 8.67. The molecule has 0 saturated heterocycles. The molecule has 0 spiro atoms. The summed E-state index contributed by atoms with van der Waals surface area (Å²) in [5.41, 5.74) is 6.12. The third-order valence-electron chi connectivity index (χ3n) is 10.8. The molecule has 4 rings (SSSR count). The fourth-order valence-corrected chi connectivity index (χ4v) is 8.47. The summed E-state index contributed by atoms with van der Waals surface area (Å²) in [6, 6.07) is 4.78. The molecule has 1 aromatic carbocycles. The Morgan fingerprint density at radius 1 is 0.576 bits per heavy atom. The molecule has 0 bridgehead atoms. The number of benzene rings is 1. The van der Waals surface area contributed by atoms with E-state index in [9.17, 15) is 0 Å². The molecule has 3 fully saturated rings. The molecular weight excluding hydrogens is 396 g/mol. The van der Waals surface area contributed by atoms with Crippen LogP contribution in [0, 0.1) is 68.1 Å². The van der Waals surface area contributed by atoms with Gasteiger partial charge in [0, 0.05) is 0 Å². The van der Waals surface area contributed by atoms with Gasteiger partial charge in [-0.25, -0.2) is 0 Å². The smallest absolute Gasteiger partial charge is 0.0245 e. The summed E-state index contributed by atoms with van der Waals surface area (Å²) < 4.78 is 0. The first-order valence-corrected chi connectivity index (χ1v) is 14.8. The molecular formula is C33H54. The van der Waals surface area contributed by atoms with E-state index in [4.69, 9.17) is 0 Å². The molecule has 0 heterocycles. The maximum Gasteiger partial charge on any atom is -0.0245 e. The molecule has 0 heteroatoms. The highest BCUT2D eigenvalue weighted by Crippen LogP contribution is 2.44. The van der Waals surface area contributed by atoms with Crippen LogP contribution >= 0.6 is 0 Å². The third-order valence-corrected chi connectivity index (χ3v) is 10.8. The summed E-state index contributed by atoms with van der Waals surface area (Å²) in [4.78, 5) is 0. The Morgan fingerprint density at radius 3 is 1.42 bits per heavy atom. The highest BCUT2D eigenvalue weighted by molar-refractivity contribution is 5.37. The Balaban J connectivity index is 1.16. The molecule has 3 aliphatic rings. The van der Waals surface area contributed by atoms with Crippen LogP contribution < -0.4 is 0 Å². The van der Waals surface area contributed by atoms with Gasteiger partial charge in [-0.2, -0.15) is 0 Å². The summed E-state index contributed by atoms with van der Waals surface area (Å²) in [7, 11) is 0. The first-order chi connectivity index (χ1) is 15.8. The molecule has 3 aliphatic carbocycles. The maximum absolute atomic E-state index is 2.52. The van der Waals surface area contributed by atoms with E-state index < -0.39 is 0 Å². The van der Waals surface area contributed by atoms with Gasteiger partial charge < -0.3 is 0 Å². The maximum atomic E-state index is 2.52. The minimum absolute atomic E-state index is 0.931. The van der Waals surface area contributed by atoms with Gasteiger partial charge in [0.15, 0.2) is 0 Å². The van der Waals surface area contributed by atoms with Gasteiger partial charge in [-0.3, -0.25) is 0 Å². The van der Waals surface area contributed by atoms with Crippen LogP contribution in [0.2, 0.25) is 0 Å². The first-order valence-electron chi connectivity index (χ1n) is 14.8. The monoisotopic (exact) mass is 450 g/mol. The lowest BCUT2D eigenvalue weighted by molar-refractivity contribution is 0.109. The van der Waals surface area contributed by atoms with E-state index in [1.165, 1.54) is 61.6 Å². The molecule has 186 valence electrons. The average Bonchev–Trinajstić information content (AvgIpc) is 2.77. The van der Waals surface area contributed by atoms with Gasteiger partial charge in [0.05, 0.1) is 0 Å². The van der Waals surface area contributed by atoms with Crippen molar-refractivity contribution in [3.63, 3.8) is 0 Å². The van der Waals surface area contributed by atoms with Crippen LogP contribution in [-0.2, 0) is 6.42 Å². The molecule has 0 aromatic heterocycles. The minimum atomic E-state index is 0.931. The number of rotatable bonds is 6. The Bertz CT molecular complexity index is 708. The van der Waals surface area contributed by atoms with Gasteiger partial charge in [-0.05, 0) is 130 Å². The summed E-state index contributed by atoms with van der Waals surface area (Å²) in [6.45, 7) is 14.4. The van der Waals surface area contributed by atoms with E-state index in [1.807, 2.05) is 0 Å². The quantitative estimate of drug-likeness (QED) is 0.404. The lowest BCUT2D eigenvalue weighted by Crippen LogP contribution is -2.29. The molecule has 2 atom stereocenters. The van der Waals surface area contributed by atoms with Crippen LogP contribution in [0.4, 0.5) is 0 Å². The second-order valence-electron chi connectivity index (χ2n) is 13.5. The Morgan fingerprint density at radius 2 is 0.970 bits per heavy atom. The summed E-state index contributed by atoms with van der Waals surface area (Å²) in [6.07, 6.45) is 19.6. The molecule has 0 aliphatic heterocycles. The SMILES string of the molecule is Cc1cc(C)c(CC2CCC(CC3CCC(CC4CC(C)C(C)C(C)C4)CC3)CC2)c(C)c1. The van der Waals surface area contributed by atoms with E-state index >= 15 is 0 Å². The standard InChI is InChI=1S/C33H54/c1-22-15-25(4)33(26(5)16-22)21-31-13-11-29(12-14-31)19-28-7-9-30(10-8-28)20-32-17-23(2)27(6)24(3)18-32/h15-16,23-24,27-32H,7-14,17-21H2,1-6H3. The van der Waals surface area contributed by atoms with Crippen LogP contribution in [-0.4, -0.2) is 0 Å². The predicted octanol–water partition coefficient (Wildman–Crippen LogP) is 9.87. The molecule has 0 N–H and O–H groups in total. The normalized spacial score (nSPS) is 37.8. The van der Waals surface area contributed by atoms with Gasteiger partial charge in [0.25, 0.3) is 0 Å². The zero-order chi connectivity index (χ0) is 23.5. The first kappa shape index (κ1) is 25.3. The molecule has 0 radical (unpaired) electrons. The van der Waals surface area contributed by atoms with E-state index in [0.29, 0.717) is 0 Å². The van der Waals surface area contributed by atoms with Crippen LogP contribution in [0.1, 0.15) is 120 Å². The van der Waals surface area contributed by atoms with E-state index in [-0.39, 0.29) is 0 Å². The van der Waals surface area contributed by atoms with Crippen molar-refractivity contribution in [2.45, 2.75) is 125 Å². The Labute approximate surface area is 206 Å². The second-order valence-corrected chi connectivity index (χ2v) is 13.5. The number of aryl methyl sites for hydroxylation is 3. The highest BCUT2D eigenvalue weighted by atomic mass is 14.4. The van der Waals surface area contributed by atoms with Gasteiger partial charge in [0.2, 0.25) is 0 Å². The topological polar surface area (TPSA) is 0 Å². The molecule has 1 aromatic rings. The molecule has 33 heavy (non-hydrogen) atoms. The third kappa shape index (κ3) is 6.67. The second kappa shape index (κ2) is 11.3. The number of hydrogen-bond donors (Lipinski definition) is 0. The van der Waals surface area contributed by atoms with Crippen molar-refractivity contribution < 1.29 is 0 Å². The van der Waals surface area contributed by atoms with Gasteiger partial charge in [-0.1, -0.05) is 77.0 Å². The lowest BCUT2D eigenvalue weighted by Gasteiger charge is -2.40. The Hall–Kier alpha value is -0.780. The van der Waals surface area contributed by atoms with Crippen molar-refractivity contribution in [3.8, 4) is 0 Å². The lowest BCUT2D eigenvalue weighted by atomic mass is 9.66. The van der Waals surface area contributed by atoms with Crippen molar-refractivity contribution >= 4 is 0 Å². The molecule has 0 nitrogen and oxygen atoms in total. The minimum Gasteiger partial charge on any atom is -0.0622 e. The van der Waals surface area contributed by atoms with Crippen molar-refractivity contribution in [2.24, 2.45) is 47.3 Å². The van der Waals surface area contributed by atoms with Crippen LogP contribution in [0.25, 0.3) is 0 Å². The molecule has 2 unspecified atom stereocenters. The predicted molar refractivity (Wildman–Crippen MR) is 145 cm³/mol. The van der Waals surface area contributed by atoms with Gasteiger partial charge in [-0.15, -0.1) is 0 Å². The zero-order valence-corrected chi connectivity index (χ0v) is 23.0. The molecule has 3 saturated carbocycles. The average molecular weight is 451 g/mol. The van der Waals surface area contributed by atoms with E-state index in [0.717, 1.165) is 47.3 Å². The van der Waals surface area contributed by atoms with Crippen LogP contribution in [0.3, 0.4) is 0 Å². The fraction of sp³-hybridized carbons (Fsp3) is 0.818. The van der Waals surface area contributed by atoms with Crippen molar-refractivity contribution in [2.75, 3.05) is 0 Å². The van der Waals surface area contributed by atoms with Gasteiger partial charge in [0.1, 0.15) is 0 Å². The van der Waals surface area contributed by atoms with Crippen LogP contribution in [0.15, 0.2) is 12.1 Å². The van der Waals surface area contributed by atoms with Crippen molar-refractivity contribution in [1.82, 2.24) is 0 Å². The zero-order valence-electron chi connectivity index (χ0n) is 23.0. The van der Waals surface area contributed by atoms with E-state index in [2.05, 4.69) is 53.7 Å².